The van der Waals surface area contributed by atoms with Crippen LogP contribution in [0.3, 0.4) is 0 Å². The predicted molar refractivity (Wildman–Crippen MR) is 92.2 cm³/mol. The van der Waals surface area contributed by atoms with Crippen molar-refractivity contribution in [3.8, 4) is 5.75 Å². The van der Waals surface area contributed by atoms with E-state index in [9.17, 15) is 14.4 Å². The van der Waals surface area contributed by atoms with Gasteiger partial charge in [0, 0.05) is 0 Å². The number of hydrogen-bond acceptors (Lipinski definition) is 8. The number of para-hydroxylation sites is 1. The fourth-order valence-electron chi connectivity index (χ4n) is 2.15. The Kier molecular flexibility index (Phi) is 6.53. The van der Waals surface area contributed by atoms with E-state index in [0.29, 0.717) is 11.5 Å². The van der Waals surface area contributed by atoms with Gasteiger partial charge in [-0.25, -0.2) is 9.59 Å². The number of aromatic nitrogens is 1. The van der Waals surface area contributed by atoms with Crippen LogP contribution in [-0.4, -0.2) is 36.3 Å². The number of amides is 2. The summed E-state index contributed by atoms with van der Waals surface area (Å²) in [5, 5.41) is 5.78. The molecule has 0 aliphatic carbocycles. The van der Waals surface area contributed by atoms with E-state index in [-0.39, 0.29) is 17.9 Å². The van der Waals surface area contributed by atoms with Gasteiger partial charge in [0.25, 0.3) is 5.91 Å². The van der Waals surface area contributed by atoms with Gasteiger partial charge in [0.05, 0.1) is 18.4 Å². The SMILES string of the molecule is COC(=O)NC(=O)[C@H](C)OC(=O)c1ccccc1OCc1c(C)noc1C. The van der Waals surface area contributed by atoms with Crippen molar-refractivity contribution in [3.63, 3.8) is 0 Å². The molecule has 9 nitrogen and oxygen atoms in total. The van der Waals surface area contributed by atoms with Crippen molar-refractivity contribution in [1.29, 1.82) is 0 Å². The molecule has 0 fully saturated rings. The largest absolute Gasteiger partial charge is 0.488 e. The molecule has 0 saturated heterocycles. The highest BCUT2D eigenvalue weighted by atomic mass is 16.6. The molecule has 0 bridgehead atoms. The van der Waals surface area contributed by atoms with E-state index in [2.05, 4.69) is 9.89 Å². The molecule has 0 spiro atoms. The van der Waals surface area contributed by atoms with Gasteiger partial charge < -0.3 is 18.7 Å². The van der Waals surface area contributed by atoms with E-state index in [1.54, 1.807) is 32.0 Å². The number of rotatable bonds is 6. The zero-order valence-corrected chi connectivity index (χ0v) is 15.4. The van der Waals surface area contributed by atoms with E-state index in [0.717, 1.165) is 12.7 Å². The number of imide groups is 1. The molecule has 2 amide bonds. The summed E-state index contributed by atoms with van der Waals surface area (Å²) < 4.78 is 20.2. The first-order chi connectivity index (χ1) is 12.8. The summed E-state index contributed by atoms with van der Waals surface area (Å²) in [5.41, 5.74) is 1.62. The van der Waals surface area contributed by atoms with Gasteiger partial charge in [0.2, 0.25) is 0 Å². The third-order valence-electron chi connectivity index (χ3n) is 3.72. The van der Waals surface area contributed by atoms with Crippen molar-refractivity contribution < 1.29 is 33.1 Å². The number of carbonyl (C=O) groups is 3. The molecule has 1 aromatic carbocycles. The number of alkyl carbamates (subject to hydrolysis) is 1. The summed E-state index contributed by atoms with van der Waals surface area (Å²) in [7, 11) is 1.12. The van der Waals surface area contributed by atoms with Gasteiger partial charge in [0.1, 0.15) is 23.7 Å². The van der Waals surface area contributed by atoms with Crippen molar-refractivity contribution in [2.45, 2.75) is 33.5 Å². The second kappa shape index (κ2) is 8.84. The Labute approximate surface area is 155 Å². The summed E-state index contributed by atoms with van der Waals surface area (Å²) in [4.78, 5) is 35.2. The Hall–Kier alpha value is -3.36. The molecule has 0 aliphatic rings. The minimum Gasteiger partial charge on any atom is -0.488 e. The molecule has 1 atom stereocenters. The van der Waals surface area contributed by atoms with Gasteiger partial charge >= 0.3 is 12.1 Å². The summed E-state index contributed by atoms with van der Waals surface area (Å²) in [5.74, 6) is -0.662. The maximum atomic E-state index is 12.4. The van der Waals surface area contributed by atoms with Crippen LogP contribution in [0.25, 0.3) is 0 Å². The topological polar surface area (TPSA) is 117 Å². The van der Waals surface area contributed by atoms with Crippen LogP contribution in [0.2, 0.25) is 0 Å². The number of ether oxygens (including phenoxy) is 3. The molecule has 1 heterocycles. The fraction of sp³-hybridized carbons (Fsp3) is 0.333. The Morgan fingerprint density at radius 3 is 2.56 bits per heavy atom. The first kappa shape index (κ1) is 20.0. The number of methoxy groups -OCH3 is 1. The summed E-state index contributed by atoms with van der Waals surface area (Å²) in [6, 6.07) is 6.45. The minimum absolute atomic E-state index is 0.141. The van der Waals surface area contributed by atoms with Crippen molar-refractivity contribution in [2.24, 2.45) is 0 Å². The monoisotopic (exact) mass is 376 g/mol. The van der Waals surface area contributed by atoms with E-state index >= 15 is 0 Å². The second-order valence-electron chi connectivity index (χ2n) is 5.62. The van der Waals surface area contributed by atoms with Crippen molar-refractivity contribution in [1.82, 2.24) is 10.5 Å². The summed E-state index contributed by atoms with van der Waals surface area (Å²) >= 11 is 0. The van der Waals surface area contributed by atoms with Gasteiger partial charge in [-0.05, 0) is 32.9 Å². The third kappa shape index (κ3) is 5.06. The Morgan fingerprint density at radius 2 is 1.93 bits per heavy atom. The molecule has 0 aliphatic heterocycles. The van der Waals surface area contributed by atoms with Crippen LogP contribution in [0.5, 0.6) is 5.75 Å². The summed E-state index contributed by atoms with van der Waals surface area (Å²) in [6.45, 7) is 5.05. The van der Waals surface area contributed by atoms with Crippen molar-refractivity contribution >= 4 is 18.0 Å². The summed E-state index contributed by atoms with van der Waals surface area (Å²) in [6.07, 6.45) is -2.14. The Morgan fingerprint density at radius 1 is 1.22 bits per heavy atom. The minimum atomic E-state index is -1.20. The zero-order valence-electron chi connectivity index (χ0n) is 15.4. The Balaban J connectivity index is 2.06. The lowest BCUT2D eigenvalue weighted by molar-refractivity contribution is -0.128. The van der Waals surface area contributed by atoms with Crippen molar-refractivity contribution in [2.75, 3.05) is 7.11 Å². The van der Waals surface area contributed by atoms with Gasteiger partial charge in [-0.2, -0.15) is 0 Å². The van der Waals surface area contributed by atoms with Crippen LogP contribution < -0.4 is 10.1 Å². The van der Waals surface area contributed by atoms with Gasteiger partial charge in [-0.3, -0.25) is 10.1 Å². The van der Waals surface area contributed by atoms with Gasteiger partial charge in [0.15, 0.2) is 6.10 Å². The number of carbonyl (C=O) groups excluding carboxylic acids is 3. The van der Waals surface area contributed by atoms with Crippen LogP contribution >= 0.6 is 0 Å². The highest BCUT2D eigenvalue weighted by Gasteiger charge is 2.23. The molecule has 1 N–H and O–H groups in total. The van der Waals surface area contributed by atoms with Crippen LogP contribution in [-0.2, 0) is 20.9 Å². The molecule has 9 heteroatoms. The lowest BCUT2D eigenvalue weighted by Crippen LogP contribution is -2.39. The highest BCUT2D eigenvalue weighted by molar-refractivity contribution is 5.97. The maximum absolute atomic E-state index is 12.4. The average Bonchev–Trinajstić information content (AvgIpc) is 2.97. The molecule has 1 aromatic heterocycles. The smallest absolute Gasteiger partial charge is 0.413 e. The third-order valence-corrected chi connectivity index (χ3v) is 3.72. The normalized spacial score (nSPS) is 11.4. The van der Waals surface area contributed by atoms with Crippen LogP contribution in [0.1, 0.15) is 34.3 Å². The van der Waals surface area contributed by atoms with E-state index < -0.39 is 24.1 Å². The molecule has 2 rings (SSSR count). The van der Waals surface area contributed by atoms with Gasteiger partial charge in [-0.15, -0.1) is 0 Å². The molecule has 0 saturated carbocycles. The molecular weight excluding hydrogens is 356 g/mol. The maximum Gasteiger partial charge on any atom is 0.413 e. The van der Waals surface area contributed by atoms with Gasteiger partial charge in [-0.1, -0.05) is 17.3 Å². The number of nitrogens with one attached hydrogen (secondary N) is 1. The van der Waals surface area contributed by atoms with E-state index in [1.807, 2.05) is 5.32 Å². The molecule has 0 unspecified atom stereocenters. The number of aryl methyl sites for hydroxylation is 2. The van der Waals surface area contributed by atoms with Crippen molar-refractivity contribution in [3.05, 3.63) is 46.8 Å². The first-order valence-corrected chi connectivity index (χ1v) is 8.06. The number of benzene rings is 1. The quantitative estimate of drug-likeness (QED) is 0.763. The zero-order chi connectivity index (χ0) is 20.0. The number of esters is 1. The number of hydrogen-bond donors (Lipinski definition) is 1. The molecule has 0 radical (unpaired) electrons. The average molecular weight is 376 g/mol. The van der Waals surface area contributed by atoms with Crippen LogP contribution in [0, 0.1) is 13.8 Å². The Bertz CT molecular complexity index is 824. The standard InChI is InChI=1S/C18H20N2O7/c1-10-14(11(2)27-20-10)9-25-15-8-6-5-7-13(15)17(22)26-12(3)16(21)19-18(23)24-4/h5-8,12H,9H2,1-4H3,(H,19,21,23)/t12-/m0/s1. The predicted octanol–water partition coefficient (Wildman–Crippen LogP) is 2.30. The van der Waals surface area contributed by atoms with E-state index in [4.69, 9.17) is 14.0 Å². The van der Waals surface area contributed by atoms with E-state index in [1.165, 1.54) is 13.0 Å². The molecule has 144 valence electrons. The second-order valence-corrected chi connectivity index (χ2v) is 5.62. The van der Waals surface area contributed by atoms with Crippen LogP contribution in [0.4, 0.5) is 4.79 Å². The fourth-order valence-corrected chi connectivity index (χ4v) is 2.15. The molecule has 27 heavy (non-hydrogen) atoms. The lowest BCUT2D eigenvalue weighted by Gasteiger charge is -2.14. The molecule has 2 aromatic rings. The first-order valence-electron chi connectivity index (χ1n) is 8.06. The lowest BCUT2D eigenvalue weighted by atomic mass is 10.2. The number of nitrogens with zero attached hydrogens (tertiary/aromatic N) is 1. The van der Waals surface area contributed by atoms with Crippen LogP contribution in [0.15, 0.2) is 28.8 Å². The molecular formula is C18H20N2O7. The highest BCUT2D eigenvalue weighted by Crippen LogP contribution is 2.22.